The summed E-state index contributed by atoms with van der Waals surface area (Å²) in [6.07, 6.45) is 8.99. The highest BCUT2D eigenvalue weighted by Crippen LogP contribution is 2.47. The van der Waals surface area contributed by atoms with Crippen LogP contribution in [0, 0.1) is 0 Å². The van der Waals surface area contributed by atoms with E-state index >= 15 is 0 Å². The molecule has 10 aromatic carbocycles. The van der Waals surface area contributed by atoms with Gasteiger partial charge in [-0.3, -0.25) is 0 Å². The lowest BCUT2D eigenvalue weighted by Gasteiger charge is -2.20. The monoisotopic (exact) mass is 710 g/mol. The third-order valence-corrected chi connectivity index (χ3v) is 11.0. The predicted molar refractivity (Wildman–Crippen MR) is 244 cm³/mol. The van der Waals surface area contributed by atoms with Crippen molar-refractivity contribution in [3.8, 4) is 33.4 Å². The Morgan fingerprint density at radius 2 is 0.696 bits per heavy atom. The number of rotatable bonds is 7. The molecule has 0 saturated heterocycles. The summed E-state index contributed by atoms with van der Waals surface area (Å²) in [7, 11) is 0. The minimum absolute atomic E-state index is 1.17. The third-order valence-electron chi connectivity index (χ3n) is 11.0. The molecule has 56 heavy (non-hydrogen) atoms. The van der Waals surface area contributed by atoms with Crippen LogP contribution in [-0.2, 0) is 0 Å². The van der Waals surface area contributed by atoms with Crippen LogP contribution in [0.1, 0.15) is 22.3 Å². The summed E-state index contributed by atoms with van der Waals surface area (Å²) in [5.74, 6) is 0. The van der Waals surface area contributed by atoms with Crippen LogP contribution >= 0.6 is 0 Å². The summed E-state index contributed by atoms with van der Waals surface area (Å²) in [6, 6.07) is 74.9. The fourth-order valence-electron chi connectivity index (χ4n) is 8.46. The second-order valence-electron chi connectivity index (χ2n) is 14.4. The van der Waals surface area contributed by atoms with Crippen LogP contribution in [0.25, 0.3) is 101 Å². The van der Waals surface area contributed by atoms with E-state index in [1.165, 1.54) is 98.7 Å². The summed E-state index contributed by atoms with van der Waals surface area (Å²) in [4.78, 5) is 0. The lowest BCUT2D eigenvalue weighted by atomic mass is 9.82. The summed E-state index contributed by atoms with van der Waals surface area (Å²) < 4.78 is 0. The van der Waals surface area contributed by atoms with Gasteiger partial charge in [-0.05, 0) is 111 Å². The second-order valence-corrected chi connectivity index (χ2v) is 14.4. The summed E-state index contributed by atoms with van der Waals surface area (Å²) in [5.41, 5.74) is 12.1. The van der Waals surface area contributed by atoms with Gasteiger partial charge < -0.3 is 0 Å². The van der Waals surface area contributed by atoms with Crippen LogP contribution in [0.15, 0.2) is 206 Å². The summed E-state index contributed by atoms with van der Waals surface area (Å²) >= 11 is 0. The van der Waals surface area contributed by atoms with Crippen molar-refractivity contribution in [1.29, 1.82) is 0 Å². The van der Waals surface area contributed by atoms with Gasteiger partial charge in [-0.15, -0.1) is 0 Å². The largest absolute Gasteiger partial charge is 0.0622 e. The average Bonchev–Trinajstić information content (AvgIpc) is 3.27. The Balaban J connectivity index is 1.16. The quantitative estimate of drug-likeness (QED) is 0.114. The molecule has 0 nitrogen and oxygen atoms in total. The molecule has 0 N–H and O–H groups in total. The van der Waals surface area contributed by atoms with Crippen molar-refractivity contribution in [2.75, 3.05) is 0 Å². The van der Waals surface area contributed by atoms with Gasteiger partial charge in [0.1, 0.15) is 0 Å². The third kappa shape index (κ3) is 6.18. The Labute approximate surface area is 328 Å². The first-order valence-corrected chi connectivity index (χ1v) is 19.3. The van der Waals surface area contributed by atoms with Gasteiger partial charge in [0.2, 0.25) is 0 Å². The SMILES string of the molecule is C(=Cc1cccc2ccccc12)c1cccc(-c2c3ccccc3c(-c3cccc(C=Cc4cccc5ccccc45)c3)c3c(-c4ccccc4)cccc23)c1. The number of hydrogen-bond acceptors (Lipinski definition) is 0. The Morgan fingerprint density at radius 3 is 1.30 bits per heavy atom. The summed E-state index contributed by atoms with van der Waals surface area (Å²) in [6.45, 7) is 0. The highest BCUT2D eigenvalue weighted by molar-refractivity contribution is 6.24. The lowest BCUT2D eigenvalue weighted by Crippen LogP contribution is -1.93. The van der Waals surface area contributed by atoms with E-state index in [1.807, 2.05) is 0 Å². The first-order chi connectivity index (χ1) is 27.8. The molecule has 0 aliphatic carbocycles. The maximum atomic E-state index is 2.35. The molecule has 0 heteroatoms. The van der Waals surface area contributed by atoms with Gasteiger partial charge in [-0.1, -0.05) is 218 Å². The van der Waals surface area contributed by atoms with E-state index in [4.69, 9.17) is 0 Å². The molecule has 0 atom stereocenters. The molecule has 0 heterocycles. The Morgan fingerprint density at radius 1 is 0.268 bits per heavy atom. The van der Waals surface area contributed by atoms with Gasteiger partial charge in [0.15, 0.2) is 0 Å². The normalized spacial score (nSPS) is 11.8. The molecule has 0 spiro atoms. The minimum atomic E-state index is 1.17. The molecule has 0 bridgehead atoms. The van der Waals surface area contributed by atoms with Crippen molar-refractivity contribution in [3.63, 3.8) is 0 Å². The second kappa shape index (κ2) is 14.5. The molecular weight excluding hydrogens is 673 g/mol. The summed E-state index contributed by atoms with van der Waals surface area (Å²) in [5, 5.41) is 10.0. The first kappa shape index (κ1) is 33.3. The van der Waals surface area contributed by atoms with Gasteiger partial charge in [0.25, 0.3) is 0 Å². The van der Waals surface area contributed by atoms with Crippen LogP contribution in [0.5, 0.6) is 0 Å². The van der Waals surface area contributed by atoms with E-state index in [2.05, 4.69) is 231 Å². The van der Waals surface area contributed by atoms with Crippen molar-refractivity contribution in [1.82, 2.24) is 0 Å². The van der Waals surface area contributed by atoms with E-state index in [0.29, 0.717) is 0 Å². The van der Waals surface area contributed by atoms with E-state index in [9.17, 15) is 0 Å². The molecule has 0 aromatic heterocycles. The van der Waals surface area contributed by atoms with Crippen molar-refractivity contribution < 1.29 is 0 Å². The van der Waals surface area contributed by atoms with Crippen LogP contribution in [0.3, 0.4) is 0 Å². The fraction of sp³-hybridized carbons (Fsp3) is 0. The van der Waals surface area contributed by atoms with E-state index in [-0.39, 0.29) is 0 Å². The van der Waals surface area contributed by atoms with Crippen LogP contribution in [0.4, 0.5) is 0 Å². The van der Waals surface area contributed by atoms with Crippen molar-refractivity contribution in [2.24, 2.45) is 0 Å². The molecule has 0 aliphatic heterocycles. The fourth-order valence-corrected chi connectivity index (χ4v) is 8.46. The topological polar surface area (TPSA) is 0 Å². The Kier molecular flexibility index (Phi) is 8.63. The van der Waals surface area contributed by atoms with Crippen LogP contribution in [0.2, 0.25) is 0 Å². The zero-order valence-corrected chi connectivity index (χ0v) is 30.9. The highest BCUT2D eigenvalue weighted by Gasteiger charge is 2.20. The Hall–Kier alpha value is -7.28. The lowest BCUT2D eigenvalue weighted by molar-refractivity contribution is 1.61. The van der Waals surface area contributed by atoms with Gasteiger partial charge >= 0.3 is 0 Å². The molecule has 0 radical (unpaired) electrons. The number of benzene rings is 10. The smallest absolute Gasteiger partial charge is 0.00141 e. The highest BCUT2D eigenvalue weighted by atomic mass is 14.2. The van der Waals surface area contributed by atoms with Gasteiger partial charge in [-0.2, -0.15) is 0 Å². The molecule has 0 amide bonds. The van der Waals surface area contributed by atoms with E-state index < -0.39 is 0 Å². The van der Waals surface area contributed by atoms with E-state index in [0.717, 1.165) is 0 Å². The zero-order valence-electron chi connectivity index (χ0n) is 30.9. The molecule has 0 saturated carbocycles. The van der Waals surface area contributed by atoms with Crippen molar-refractivity contribution >= 4 is 67.4 Å². The predicted octanol–water partition coefficient (Wildman–Crippen LogP) is 15.6. The zero-order chi connectivity index (χ0) is 37.3. The Bertz CT molecular complexity index is 3110. The van der Waals surface area contributed by atoms with E-state index in [1.54, 1.807) is 0 Å². The maximum Gasteiger partial charge on any atom is -0.00141 e. The van der Waals surface area contributed by atoms with Gasteiger partial charge in [0, 0.05) is 0 Å². The van der Waals surface area contributed by atoms with Crippen molar-refractivity contribution in [3.05, 3.63) is 229 Å². The molecular formula is C56H38. The molecule has 0 fully saturated rings. The van der Waals surface area contributed by atoms with Crippen LogP contribution in [-0.4, -0.2) is 0 Å². The molecule has 10 aromatic rings. The minimum Gasteiger partial charge on any atom is -0.0622 e. The van der Waals surface area contributed by atoms with Crippen LogP contribution < -0.4 is 0 Å². The number of fused-ring (bicyclic) bond motifs is 4. The maximum absolute atomic E-state index is 2.35. The average molecular weight is 711 g/mol. The first-order valence-electron chi connectivity index (χ1n) is 19.3. The number of hydrogen-bond donors (Lipinski definition) is 0. The standard InChI is InChI=1S/C56H38/c1-2-17-43(18-3-1)50-31-14-32-53-54(46-25-10-15-39(37-46)33-35-44-23-12-21-41-19-4-6-27-48(41)44)51-29-8-9-30-52(51)55(56(50)53)47-26-11-16-40(38-47)34-36-45-24-13-22-42-20-5-7-28-49(42)45/h1-38H. The van der Waals surface area contributed by atoms with Crippen molar-refractivity contribution in [2.45, 2.75) is 0 Å². The molecule has 10 rings (SSSR count). The van der Waals surface area contributed by atoms with Gasteiger partial charge in [-0.25, -0.2) is 0 Å². The molecule has 262 valence electrons. The molecule has 0 aliphatic rings. The molecule has 0 unspecified atom stereocenters. The van der Waals surface area contributed by atoms with Gasteiger partial charge in [0.05, 0.1) is 0 Å².